The summed E-state index contributed by atoms with van der Waals surface area (Å²) >= 11 is 0. The Bertz CT molecular complexity index is 1710. The lowest BCUT2D eigenvalue weighted by atomic mass is 9.54. The molecule has 7 aliphatic rings. The monoisotopic (exact) mass is 574 g/mol. The van der Waals surface area contributed by atoms with Gasteiger partial charge in [0.1, 0.15) is 0 Å². The Balaban J connectivity index is 1.24. The second-order valence-corrected chi connectivity index (χ2v) is 14.7. The van der Waals surface area contributed by atoms with Gasteiger partial charge in [0.15, 0.2) is 0 Å². The molecule has 0 amide bonds. The van der Waals surface area contributed by atoms with E-state index in [0.717, 1.165) is 0 Å². The van der Waals surface area contributed by atoms with E-state index in [0.29, 0.717) is 29.6 Å². The van der Waals surface area contributed by atoms with Crippen molar-refractivity contribution in [3.63, 3.8) is 0 Å². The van der Waals surface area contributed by atoms with E-state index in [1.165, 1.54) is 83.5 Å². The minimum Gasteiger partial charge on any atom is -0.0805 e. The molecule has 1 fully saturated rings. The third kappa shape index (κ3) is 4.39. The van der Waals surface area contributed by atoms with Gasteiger partial charge in [-0.2, -0.15) is 0 Å². The van der Waals surface area contributed by atoms with Crippen molar-refractivity contribution < 1.29 is 0 Å². The molecule has 44 heavy (non-hydrogen) atoms. The zero-order valence-electron chi connectivity index (χ0n) is 26.2. The zero-order valence-corrected chi connectivity index (χ0v) is 26.2. The molecule has 0 radical (unpaired) electrons. The van der Waals surface area contributed by atoms with Crippen molar-refractivity contribution in [3.8, 4) is 0 Å². The van der Waals surface area contributed by atoms with Gasteiger partial charge in [0.05, 0.1) is 0 Å². The summed E-state index contributed by atoms with van der Waals surface area (Å²) in [6.45, 7) is 0. The van der Waals surface area contributed by atoms with Crippen molar-refractivity contribution in [1.29, 1.82) is 0 Å². The SMILES string of the molecule is C1=CC2=C(c3cccc4c3CCCC4)C3=CC=C(c4cccc5c4CCCC5)CC3C(C3C=CC=C4CCCCC43)C2C=C1. The van der Waals surface area contributed by atoms with Crippen LogP contribution in [0.5, 0.6) is 0 Å². The standard InChI is InChI=1S/C44H46/c1-4-18-33-29(12-1)15-9-23-36(33)32-26-27-41-42(28-32)44(38-25-11-17-31-14-3-6-20-35(31)38)40-22-8-7-21-39(40)43(41)37-24-10-16-30-13-2-5-19-34(30)37/h7-11,15-17,21-27,35,38,40,42,44H,1-6,12-14,18-20,28H2. The summed E-state index contributed by atoms with van der Waals surface area (Å²) in [4.78, 5) is 0. The fourth-order valence-corrected chi connectivity index (χ4v) is 10.6. The molecular weight excluding hydrogens is 528 g/mol. The highest BCUT2D eigenvalue weighted by molar-refractivity contribution is 5.90. The maximum Gasteiger partial charge on any atom is 0.00674 e. The summed E-state index contributed by atoms with van der Waals surface area (Å²) in [7, 11) is 0. The van der Waals surface area contributed by atoms with Crippen LogP contribution in [0.15, 0.2) is 108 Å². The summed E-state index contributed by atoms with van der Waals surface area (Å²) in [5.74, 6) is 2.91. The van der Waals surface area contributed by atoms with E-state index in [1.807, 2.05) is 0 Å². The molecule has 5 atom stereocenters. The summed E-state index contributed by atoms with van der Waals surface area (Å²) in [5, 5.41) is 0. The van der Waals surface area contributed by atoms with Gasteiger partial charge in [-0.3, -0.25) is 0 Å². The summed E-state index contributed by atoms with van der Waals surface area (Å²) in [6, 6.07) is 14.4. The number of hydrogen-bond donors (Lipinski definition) is 0. The quantitative estimate of drug-likeness (QED) is 0.342. The summed E-state index contributed by atoms with van der Waals surface area (Å²) in [6.07, 6.45) is 39.4. The molecule has 0 aliphatic heterocycles. The number of rotatable bonds is 3. The molecule has 0 saturated heterocycles. The highest BCUT2D eigenvalue weighted by Crippen LogP contribution is 2.58. The van der Waals surface area contributed by atoms with E-state index in [9.17, 15) is 0 Å². The average molecular weight is 575 g/mol. The van der Waals surface area contributed by atoms with E-state index in [1.54, 1.807) is 61.2 Å². The van der Waals surface area contributed by atoms with Crippen molar-refractivity contribution in [1.82, 2.24) is 0 Å². The normalized spacial score (nSPS) is 30.3. The van der Waals surface area contributed by atoms with Crippen molar-refractivity contribution in [2.75, 3.05) is 0 Å². The minimum absolute atomic E-state index is 0.469. The second kappa shape index (κ2) is 11.2. The third-order valence-corrected chi connectivity index (χ3v) is 12.5. The van der Waals surface area contributed by atoms with E-state index in [4.69, 9.17) is 0 Å². The van der Waals surface area contributed by atoms with Gasteiger partial charge in [-0.15, -0.1) is 0 Å². The average Bonchev–Trinajstić information content (AvgIpc) is 3.10. The molecule has 0 heteroatoms. The predicted molar refractivity (Wildman–Crippen MR) is 185 cm³/mol. The van der Waals surface area contributed by atoms with Gasteiger partial charge in [-0.1, -0.05) is 103 Å². The number of allylic oxidation sites excluding steroid dienone is 14. The molecule has 0 N–H and O–H groups in total. The number of aryl methyl sites for hydroxylation is 2. The molecule has 9 rings (SSSR count). The molecule has 222 valence electrons. The molecule has 2 aromatic carbocycles. The largest absolute Gasteiger partial charge is 0.0805 e. The van der Waals surface area contributed by atoms with Crippen LogP contribution in [0.2, 0.25) is 0 Å². The molecule has 0 bridgehead atoms. The van der Waals surface area contributed by atoms with Crippen molar-refractivity contribution in [2.24, 2.45) is 29.6 Å². The molecule has 0 heterocycles. The highest BCUT2D eigenvalue weighted by atomic mass is 14.5. The third-order valence-electron chi connectivity index (χ3n) is 12.5. The van der Waals surface area contributed by atoms with Gasteiger partial charge in [-0.25, -0.2) is 0 Å². The van der Waals surface area contributed by atoms with Crippen LogP contribution in [0.4, 0.5) is 0 Å². The molecular formula is C44H46. The number of hydrogen-bond acceptors (Lipinski definition) is 0. The maximum atomic E-state index is 2.64. The lowest BCUT2D eigenvalue weighted by Gasteiger charge is -2.50. The van der Waals surface area contributed by atoms with Crippen LogP contribution in [0.1, 0.15) is 91.2 Å². The first-order valence-electron chi connectivity index (χ1n) is 17.9. The van der Waals surface area contributed by atoms with Crippen LogP contribution in [0.25, 0.3) is 11.1 Å². The first kappa shape index (κ1) is 27.0. The van der Waals surface area contributed by atoms with Gasteiger partial charge >= 0.3 is 0 Å². The van der Waals surface area contributed by atoms with Gasteiger partial charge in [0, 0.05) is 5.92 Å². The van der Waals surface area contributed by atoms with Crippen LogP contribution >= 0.6 is 0 Å². The van der Waals surface area contributed by atoms with E-state index in [-0.39, 0.29) is 0 Å². The Morgan fingerprint density at radius 3 is 2.18 bits per heavy atom. The van der Waals surface area contributed by atoms with Gasteiger partial charge in [0.2, 0.25) is 0 Å². The molecule has 1 saturated carbocycles. The molecule has 2 aromatic rings. The lowest BCUT2D eigenvalue weighted by Crippen LogP contribution is -2.41. The lowest BCUT2D eigenvalue weighted by molar-refractivity contribution is 0.182. The fourth-order valence-electron chi connectivity index (χ4n) is 10.6. The summed E-state index contributed by atoms with van der Waals surface area (Å²) < 4.78 is 0. The Labute approximate surface area is 264 Å². The number of benzene rings is 2. The van der Waals surface area contributed by atoms with E-state index >= 15 is 0 Å². The van der Waals surface area contributed by atoms with Crippen molar-refractivity contribution in [3.05, 3.63) is 141 Å². The van der Waals surface area contributed by atoms with Crippen LogP contribution in [0.3, 0.4) is 0 Å². The Kier molecular flexibility index (Phi) is 6.87. The Morgan fingerprint density at radius 2 is 1.34 bits per heavy atom. The first-order chi connectivity index (χ1) is 21.8. The van der Waals surface area contributed by atoms with Gasteiger partial charge < -0.3 is 0 Å². The maximum absolute atomic E-state index is 2.64. The Morgan fingerprint density at radius 1 is 0.591 bits per heavy atom. The predicted octanol–water partition coefficient (Wildman–Crippen LogP) is 10.9. The summed E-state index contributed by atoms with van der Waals surface area (Å²) in [5.41, 5.74) is 17.7. The van der Waals surface area contributed by atoms with Crippen molar-refractivity contribution >= 4 is 11.1 Å². The molecule has 0 nitrogen and oxygen atoms in total. The first-order valence-corrected chi connectivity index (χ1v) is 17.9. The van der Waals surface area contributed by atoms with Crippen LogP contribution in [0, 0.1) is 29.6 Å². The second-order valence-electron chi connectivity index (χ2n) is 14.7. The Hall–Kier alpha value is -3.38. The van der Waals surface area contributed by atoms with Crippen molar-refractivity contribution in [2.45, 2.75) is 83.5 Å². The zero-order chi connectivity index (χ0) is 29.0. The highest BCUT2D eigenvalue weighted by Gasteiger charge is 2.47. The molecule has 0 spiro atoms. The number of fused-ring (bicyclic) bond motifs is 5. The van der Waals surface area contributed by atoms with Crippen LogP contribution in [-0.2, 0) is 25.7 Å². The van der Waals surface area contributed by atoms with E-state index < -0.39 is 0 Å². The smallest absolute Gasteiger partial charge is 0.00674 e. The molecule has 5 unspecified atom stereocenters. The molecule has 7 aliphatic carbocycles. The fraction of sp³-hybridized carbons (Fsp3) is 0.409. The van der Waals surface area contributed by atoms with E-state index in [2.05, 4.69) is 91.1 Å². The van der Waals surface area contributed by atoms with Gasteiger partial charge in [-0.05, 0) is 156 Å². The molecule has 0 aromatic heterocycles. The topological polar surface area (TPSA) is 0 Å². The van der Waals surface area contributed by atoms with Crippen LogP contribution < -0.4 is 0 Å². The minimum atomic E-state index is 0.469. The van der Waals surface area contributed by atoms with Gasteiger partial charge in [0.25, 0.3) is 0 Å². The van der Waals surface area contributed by atoms with Crippen LogP contribution in [-0.4, -0.2) is 0 Å².